The number of hydrogen-bond acceptors (Lipinski definition) is 3. The number of hydrogen-bond donors (Lipinski definition) is 1. The highest BCUT2D eigenvalue weighted by atomic mass is 16.5. The Hall–Kier alpha value is -1.06. The summed E-state index contributed by atoms with van der Waals surface area (Å²) in [5, 5.41) is 8.37. The number of carboxylic acids is 1. The van der Waals surface area contributed by atoms with Crippen molar-refractivity contribution in [3.05, 3.63) is 0 Å². The summed E-state index contributed by atoms with van der Waals surface area (Å²) in [7, 11) is 0. The Morgan fingerprint density at radius 2 is 1.85 bits per heavy atom. The maximum atomic E-state index is 11.2. The largest absolute Gasteiger partial charge is 0.481 e. The van der Waals surface area contributed by atoms with Crippen molar-refractivity contribution >= 4 is 11.9 Å². The second-order valence-electron chi connectivity index (χ2n) is 3.32. The molecule has 0 unspecified atom stereocenters. The van der Waals surface area contributed by atoms with Gasteiger partial charge in [0.2, 0.25) is 0 Å². The van der Waals surface area contributed by atoms with Gasteiger partial charge in [0.25, 0.3) is 0 Å². The van der Waals surface area contributed by atoms with Crippen LogP contribution < -0.4 is 0 Å². The Labute approximate surface area is 77.9 Å². The average Bonchev–Trinajstić information content (AvgIpc) is 1.98. The zero-order valence-electron chi connectivity index (χ0n) is 8.24. The summed E-state index contributed by atoms with van der Waals surface area (Å²) in [6.45, 7) is 5.21. The molecular formula is C9H16O4. The van der Waals surface area contributed by atoms with E-state index in [1.165, 1.54) is 0 Å². The summed E-state index contributed by atoms with van der Waals surface area (Å²) in [5.74, 6) is -1.54. The predicted molar refractivity (Wildman–Crippen MR) is 47.3 cm³/mol. The molecule has 0 aromatic heterocycles. The molecule has 0 aliphatic carbocycles. The van der Waals surface area contributed by atoms with Gasteiger partial charge in [0.05, 0.1) is 12.0 Å². The summed E-state index contributed by atoms with van der Waals surface area (Å²) >= 11 is 0. The number of esters is 1. The van der Waals surface area contributed by atoms with Crippen LogP contribution in [0.2, 0.25) is 0 Å². The molecule has 4 heteroatoms. The Morgan fingerprint density at radius 3 is 2.23 bits per heavy atom. The van der Waals surface area contributed by atoms with Crippen molar-refractivity contribution in [2.45, 2.75) is 39.7 Å². The zero-order chi connectivity index (χ0) is 10.4. The summed E-state index contributed by atoms with van der Waals surface area (Å²) in [5.41, 5.74) is 0. The average molecular weight is 188 g/mol. The van der Waals surface area contributed by atoms with Gasteiger partial charge in [-0.25, -0.2) is 0 Å². The third kappa shape index (κ3) is 6.13. The summed E-state index contributed by atoms with van der Waals surface area (Å²) in [6, 6.07) is 0. The van der Waals surface area contributed by atoms with E-state index in [2.05, 4.69) is 0 Å². The van der Waals surface area contributed by atoms with E-state index in [0.29, 0.717) is 6.42 Å². The standard InChI is InChI=1S/C9H16O4/c1-6(2)13-9(12)7(3)4-5-8(10)11/h6-7H,4-5H2,1-3H3,(H,10,11)/t7-/m0/s1. The first-order valence-corrected chi connectivity index (χ1v) is 4.35. The van der Waals surface area contributed by atoms with Gasteiger partial charge >= 0.3 is 11.9 Å². The summed E-state index contributed by atoms with van der Waals surface area (Å²) < 4.78 is 4.91. The Balaban J connectivity index is 3.76. The zero-order valence-corrected chi connectivity index (χ0v) is 8.24. The minimum Gasteiger partial charge on any atom is -0.481 e. The minimum absolute atomic E-state index is 0.00830. The van der Waals surface area contributed by atoms with Crippen molar-refractivity contribution < 1.29 is 19.4 Å². The number of carbonyl (C=O) groups excluding carboxylic acids is 1. The van der Waals surface area contributed by atoms with Gasteiger partial charge in [-0.2, -0.15) is 0 Å². The molecule has 1 atom stereocenters. The molecule has 76 valence electrons. The van der Waals surface area contributed by atoms with E-state index >= 15 is 0 Å². The number of ether oxygens (including phenoxy) is 1. The van der Waals surface area contributed by atoms with Gasteiger partial charge in [-0.05, 0) is 20.3 Å². The van der Waals surface area contributed by atoms with E-state index in [0.717, 1.165) is 0 Å². The summed E-state index contributed by atoms with van der Waals surface area (Å²) in [4.78, 5) is 21.3. The van der Waals surface area contributed by atoms with Gasteiger partial charge in [0, 0.05) is 6.42 Å². The van der Waals surface area contributed by atoms with Crippen LogP contribution in [-0.2, 0) is 14.3 Å². The van der Waals surface area contributed by atoms with Gasteiger partial charge in [-0.3, -0.25) is 9.59 Å². The molecule has 0 aliphatic heterocycles. The molecule has 0 spiro atoms. The molecule has 0 aromatic rings. The summed E-state index contributed by atoms with van der Waals surface area (Å²) in [6.07, 6.45) is 0.203. The molecule has 0 radical (unpaired) electrons. The highest BCUT2D eigenvalue weighted by Gasteiger charge is 2.16. The van der Waals surface area contributed by atoms with E-state index in [9.17, 15) is 9.59 Å². The molecule has 1 N–H and O–H groups in total. The lowest BCUT2D eigenvalue weighted by Gasteiger charge is -2.12. The quantitative estimate of drug-likeness (QED) is 0.663. The topological polar surface area (TPSA) is 63.6 Å². The second-order valence-corrected chi connectivity index (χ2v) is 3.32. The molecule has 0 amide bonds. The van der Waals surface area contributed by atoms with Crippen molar-refractivity contribution in [1.29, 1.82) is 0 Å². The fourth-order valence-electron chi connectivity index (χ4n) is 0.806. The fourth-order valence-corrected chi connectivity index (χ4v) is 0.806. The second kappa shape index (κ2) is 5.56. The lowest BCUT2D eigenvalue weighted by Crippen LogP contribution is -2.19. The van der Waals surface area contributed by atoms with Crippen LogP contribution in [0.1, 0.15) is 33.6 Å². The molecule has 0 bridgehead atoms. The van der Waals surface area contributed by atoms with Crippen LogP contribution in [0.25, 0.3) is 0 Å². The van der Waals surface area contributed by atoms with Crippen molar-refractivity contribution in [3.63, 3.8) is 0 Å². The van der Waals surface area contributed by atoms with E-state index in [-0.39, 0.29) is 24.4 Å². The van der Waals surface area contributed by atoms with Gasteiger partial charge in [-0.15, -0.1) is 0 Å². The molecule has 0 aliphatic rings. The van der Waals surface area contributed by atoms with Crippen molar-refractivity contribution in [2.75, 3.05) is 0 Å². The highest BCUT2D eigenvalue weighted by Crippen LogP contribution is 2.08. The third-order valence-electron chi connectivity index (χ3n) is 1.55. The van der Waals surface area contributed by atoms with Gasteiger partial charge in [-0.1, -0.05) is 6.92 Å². The van der Waals surface area contributed by atoms with E-state index < -0.39 is 5.97 Å². The Bertz CT molecular complexity index is 186. The molecule has 0 aromatic carbocycles. The van der Waals surface area contributed by atoms with Gasteiger partial charge in [0.1, 0.15) is 0 Å². The molecule has 0 saturated carbocycles. The van der Waals surface area contributed by atoms with E-state index in [1.54, 1.807) is 20.8 Å². The van der Waals surface area contributed by atoms with Crippen LogP contribution >= 0.6 is 0 Å². The fraction of sp³-hybridized carbons (Fsp3) is 0.778. The number of aliphatic carboxylic acids is 1. The van der Waals surface area contributed by atoms with Crippen molar-refractivity contribution in [2.24, 2.45) is 5.92 Å². The number of rotatable bonds is 5. The van der Waals surface area contributed by atoms with E-state index in [4.69, 9.17) is 9.84 Å². The lowest BCUT2D eigenvalue weighted by atomic mass is 10.1. The first kappa shape index (κ1) is 11.9. The van der Waals surface area contributed by atoms with Crippen molar-refractivity contribution in [1.82, 2.24) is 0 Å². The van der Waals surface area contributed by atoms with Crippen LogP contribution in [0.5, 0.6) is 0 Å². The smallest absolute Gasteiger partial charge is 0.308 e. The van der Waals surface area contributed by atoms with Crippen LogP contribution in [0.15, 0.2) is 0 Å². The number of carbonyl (C=O) groups is 2. The molecular weight excluding hydrogens is 172 g/mol. The molecule has 4 nitrogen and oxygen atoms in total. The SMILES string of the molecule is CC(C)OC(=O)[C@@H](C)CCC(=O)O. The number of carboxylic acid groups (broad SMARTS) is 1. The van der Waals surface area contributed by atoms with Gasteiger partial charge in [0.15, 0.2) is 0 Å². The normalized spacial score (nSPS) is 12.6. The molecule has 0 heterocycles. The third-order valence-corrected chi connectivity index (χ3v) is 1.55. The lowest BCUT2D eigenvalue weighted by molar-refractivity contribution is -0.152. The highest BCUT2D eigenvalue weighted by molar-refractivity contribution is 5.73. The molecule has 0 rings (SSSR count). The molecule has 13 heavy (non-hydrogen) atoms. The monoisotopic (exact) mass is 188 g/mol. The Kier molecular flexibility index (Phi) is 5.11. The van der Waals surface area contributed by atoms with Crippen LogP contribution in [-0.4, -0.2) is 23.1 Å². The maximum absolute atomic E-state index is 11.2. The van der Waals surface area contributed by atoms with Crippen LogP contribution in [0, 0.1) is 5.92 Å². The van der Waals surface area contributed by atoms with Crippen molar-refractivity contribution in [3.8, 4) is 0 Å². The predicted octanol–water partition coefficient (Wildman–Crippen LogP) is 1.44. The van der Waals surface area contributed by atoms with Crippen LogP contribution in [0.3, 0.4) is 0 Å². The first-order chi connectivity index (χ1) is 5.93. The first-order valence-electron chi connectivity index (χ1n) is 4.35. The van der Waals surface area contributed by atoms with Gasteiger partial charge < -0.3 is 9.84 Å². The van der Waals surface area contributed by atoms with Crippen LogP contribution in [0.4, 0.5) is 0 Å². The van der Waals surface area contributed by atoms with E-state index in [1.807, 2.05) is 0 Å². The molecule has 0 saturated heterocycles. The Morgan fingerprint density at radius 1 is 1.31 bits per heavy atom. The minimum atomic E-state index is -0.885. The maximum Gasteiger partial charge on any atom is 0.308 e. The molecule has 0 fully saturated rings.